The van der Waals surface area contributed by atoms with Gasteiger partial charge in [-0.2, -0.15) is 0 Å². The zero-order valence-corrected chi connectivity index (χ0v) is 18.9. The lowest BCUT2D eigenvalue weighted by Crippen LogP contribution is -2.41. The maximum atomic E-state index is 12.6. The summed E-state index contributed by atoms with van der Waals surface area (Å²) in [4.78, 5) is 37.0. The van der Waals surface area contributed by atoms with Crippen LogP contribution in [0.3, 0.4) is 0 Å². The molecule has 2 atom stereocenters. The molecule has 0 unspecified atom stereocenters. The van der Waals surface area contributed by atoms with Crippen molar-refractivity contribution in [3.63, 3.8) is 0 Å². The number of carbonyl (C=O) groups is 3. The van der Waals surface area contributed by atoms with Crippen LogP contribution in [0.1, 0.15) is 52.0 Å². The lowest BCUT2D eigenvalue weighted by molar-refractivity contribution is -0.161. The number of esters is 2. The molecule has 1 aromatic carbocycles. The van der Waals surface area contributed by atoms with Gasteiger partial charge in [-0.3, -0.25) is 14.4 Å². The van der Waals surface area contributed by atoms with Crippen LogP contribution >= 0.6 is 0 Å². The maximum Gasteiger partial charge on any atom is 0.309 e. The highest BCUT2D eigenvalue weighted by atomic mass is 16.6. The Hall–Kier alpha value is -2.89. The Labute approximate surface area is 185 Å². The molecule has 0 radical (unpaired) electrons. The summed E-state index contributed by atoms with van der Waals surface area (Å²) >= 11 is 0. The van der Waals surface area contributed by atoms with Gasteiger partial charge in [-0.1, -0.05) is 42.5 Å². The summed E-state index contributed by atoms with van der Waals surface area (Å²) in [5.74, 6) is -1.78. The topological polar surface area (TPSA) is 81.7 Å². The van der Waals surface area contributed by atoms with Gasteiger partial charge in [-0.05, 0) is 45.6 Å². The molecule has 0 aliphatic carbocycles. The van der Waals surface area contributed by atoms with Crippen molar-refractivity contribution in [1.82, 2.24) is 5.32 Å². The van der Waals surface area contributed by atoms with Crippen LogP contribution in [0.5, 0.6) is 0 Å². The molecular weight excluding hydrogens is 394 g/mol. The summed E-state index contributed by atoms with van der Waals surface area (Å²) in [6, 6.07) is 9.27. The van der Waals surface area contributed by atoms with Gasteiger partial charge in [0.05, 0.1) is 18.4 Å². The molecule has 0 heterocycles. The molecule has 1 N–H and O–H groups in total. The van der Waals surface area contributed by atoms with E-state index in [1.54, 1.807) is 32.9 Å². The van der Waals surface area contributed by atoms with Crippen LogP contribution in [0, 0.1) is 5.92 Å². The smallest absolute Gasteiger partial charge is 0.309 e. The number of nitrogens with one attached hydrogen (secondary N) is 1. The Kier molecular flexibility index (Phi) is 11.3. The summed E-state index contributed by atoms with van der Waals surface area (Å²) in [5.41, 5.74) is 0.389. The van der Waals surface area contributed by atoms with Crippen molar-refractivity contribution < 1.29 is 23.9 Å². The van der Waals surface area contributed by atoms with Gasteiger partial charge in [-0.15, -0.1) is 13.2 Å². The van der Waals surface area contributed by atoms with E-state index < -0.39 is 23.5 Å². The van der Waals surface area contributed by atoms with Crippen LogP contribution in [0.4, 0.5) is 0 Å². The standard InChI is InChI=1S/C25H35NO5/c1-6-8-15-22(27)26-21(16-19-13-10-9-11-14-19)18-30-24(29)20(12-7-2)17-23(28)31-25(3,4)5/h6-7,9-11,13-14,20-21H,1-2,8,12,15-18H2,3-5H3,(H,26,27)/t20-,21+/m0/s1. The SMILES string of the molecule is C=CCCC(=O)N[C@@H](COC(=O)[C@@H](CC=C)CC(=O)OC(C)(C)C)Cc1ccccc1. The summed E-state index contributed by atoms with van der Waals surface area (Å²) in [7, 11) is 0. The van der Waals surface area contributed by atoms with E-state index in [2.05, 4.69) is 18.5 Å². The lowest BCUT2D eigenvalue weighted by atomic mass is 10.0. The predicted molar refractivity (Wildman–Crippen MR) is 121 cm³/mol. The first-order valence-electron chi connectivity index (χ1n) is 10.6. The zero-order valence-electron chi connectivity index (χ0n) is 18.9. The number of carbonyl (C=O) groups excluding carboxylic acids is 3. The van der Waals surface area contributed by atoms with E-state index in [4.69, 9.17) is 9.47 Å². The third kappa shape index (κ3) is 11.8. The Morgan fingerprint density at radius 1 is 1.10 bits per heavy atom. The van der Waals surface area contributed by atoms with Gasteiger partial charge in [-0.25, -0.2) is 0 Å². The molecule has 1 rings (SSSR count). The Morgan fingerprint density at radius 2 is 1.77 bits per heavy atom. The molecule has 0 fully saturated rings. The number of hydrogen-bond donors (Lipinski definition) is 1. The molecule has 0 aromatic heterocycles. The van der Waals surface area contributed by atoms with Crippen molar-refractivity contribution in [2.24, 2.45) is 5.92 Å². The average molecular weight is 430 g/mol. The molecular formula is C25H35NO5. The van der Waals surface area contributed by atoms with E-state index in [1.807, 2.05) is 30.3 Å². The van der Waals surface area contributed by atoms with Crippen molar-refractivity contribution in [1.29, 1.82) is 0 Å². The van der Waals surface area contributed by atoms with Gasteiger partial charge >= 0.3 is 11.9 Å². The largest absolute Gasteiger partial charge is 0.463 e. The number of ether oxygens (including phenoxy) is 2. The van der Waals surface area contributed by atoms with Gasteiger partial charge in [0, 0.05) is 6.42 Å². The van der Waals surface area contributed by atoms with Crippen molar-refractivity contribution in [2.45, 2.75) is 64.5 Å². The molecule has 6 nitrogen and oxygen atoms in total. The molecule has 0 saturated heterocycles. The number of benzene rings is 1. The Morgan fingerprint density at radius 3 is 2.35 bits per heavy atom. The molecule has 0 bridgehead atoms. The van der Waals surface area contributed by atoms with Gasteiger partial charge in [0.2, 0.25) is 5.91 Å². The fourth-order valence-corrected chi connectivity index (χ4v) is 2.93. The Bertz CT molecular complexity index is 736. The van der Waals surface area contributed by atoms with E-state index in [1.165, 1.54) is 0 Å². The number of rotatable bonds is 13. The van der Waals surface area contributed by atoms with Gasteiger partial charge < -0.3 is 14.8 Å². The second kappa shape index (κ2) is 13.4. The van der Waals surface area contributed by atoms with Crippen LogP contribution in [0.25, 0.3) is 0 Å². The Balaban J connectivity index is 2.75. The molecule has 170 valence electrons. The third-order valence-electron chi connectivity index (χ3n) is 4.31. The van der Waals surface area contributed by atoms with Crippen molar-refractivity contribution in [2.75, 3.05) is 6.61 Å². The van der Waals surface area contributed by atoms with Crippen LogP contribution in [0.2, 0.25) is 0 Å². The molecule has 0 saturated carbocycles. The summed E-state index contributed by atoms with van der Waals surface area (Å²) in [6.45, 7) is 12.6. The minimum absolute atomic E-state index is 0.00944. The molecule has 31 heavy (non-hydrogen) atoms. The second-order valence-electron chi connectivity index (χ2n) is 8.42. The van der Waals surface area contributed by atoms with Crippen LogP contribution < -0.4 is 5.32 Å². The van der Waals surface area contributed by atoms with Crippen molar-refractivity contribution in [3.05, 3.63) is 61.2 Å². The molecule has 1 amide bonds. The average Bonchev–Trinajstić information content (AvgIpc) is 2.69. The minimum atomic E-state index is -0.679. The second-order valence-corrected chi connectivity index (χ2v) is 8.42. The predicted octanol–water partition coefficient (Wildman–Crippen LogP) is 4.15. The van der Waals surface area contributed by atoms with Crippen LogP contribution in [-0.2, 0) is 30.3 Å². The van der Waals surface area contributed by atoms with Gasteiger partial charge in [0.25, 0.3) is 0 Å². The first-order chi connectivity index (χ1) is 14.6. The van der Waals surface area contributed by atoms with Crippen LogP contribution in [-0.4, -0.2) is 36.1 Å². The maximum absolute atomic E-state index is 12.6. The zero-order chi connectivity index (χ0) is 23.3. The molecule has 0 aliphatic rings. The normalized spacial score (nSPS) is 12.9. The molecule has 6 heteroatoms. The van der Waals surface area contributed by atoms with Gasteiger partial charge in [0.1, 0.15) is 12.2 Å². The highest BCUT2D eigenvalue weighted by Gasteiger charge is 2.26. The monoisotopic (exact) mass is 429 g/mol. The minimum Gasteiger partial charge on any atom is -0.463 e. The fraction of sp³-hybridized carbons (Fsp3) is 0.480. The van der Waals surface area contributed by atoms with E-state index >= 15 is 0 Å². The number of hydrogen-bond acceptors (Lipinski definition) is 5. The van der Waals surface area contributed by atoms with E-state index in [-0.39, 0.29) is 25.0 Å². The summed E-state index contributed by atoms with van der Waals surface area (Å²) in [5, 5.41) is 2.92. The van der Waals surface area contributed by atoms with E-state index in [0.29, 0.717) is 25.7 Å². The highest BCUT2D eigenvalue weighted by Crippen LogP contribution is 2.17. The highest BCUT2D eigenvalue weighted by molar-refractivity contribution is 5.80. The quantitative estimate of drug-likeness (QED) is 0.376. The van der Waals surface area contributed by atoms with Crippen molar-refractivity contribution in [3.8, 4) is 0 Å². The van der Waals surface area contributed by atoms with Crippen molar-refractivity contribution >= 4 is 17.8 Å². The number of allylic oxidation sites excluding steroid dienone is 2. The fourth-order valence-electron chi connectivity index (χ4n) is 2.93. The molecule has 0 aliphatic heterocycles. The third-order valence-corrected chi connectivity index (χ3v) is 4.31. The summed E-state index contributed by atoms with van der Waals surface area (Å²) in [6.07, 6.45) is 4.88. The van der Waals surface area contributed by atoms with E-state index in [9.17, 15) is 14.4 Å². The van der Waals surface area contributed by atoms with Gasteiger partial charge in [0.15, 0.2) is 0 Å². The van der Waals surface area contributed by atoms with E-state index in [0.717, 1.165) is 5.56 Å². The lowest BCUT2D eigenvalue weighted by Gasteiger charge is -2.23. The van der Waals surface area contributed by atoms with Crippen LogP contribution in [0.15, 0.2) is 55.6 Å². The first-order valence-corrected chi connectivity index (χ1v) is 10.6. The first kappa shape index (κ1) is 26.1. The molecule has 0 spiro atoms. The molecule has 1 aromatic rings. The number of amides is 1. The summed E-state index contributed by atoms with van der Waals surface area (Å²) < 4.78 is 10.8.